The molecule has 1 aromatic carbocycles. The van der Waals surface area contributed by atoms with E-state index in [1.165, 1.54) is 5.56 Å². The highest BCUT2D eigenvalue weighted by atomic mass is 16.2. The van der Waals surface area contributed by atoms with Gasteiger partial charge in [-0.2, -0.15) is 0 Å². The number of hydrogen-bond donors (Lipinski definition) is 0. The third kappa shape index (κ3) is 2.58. The molecule has 1 amide bonds. The largest absolute Gasteiger partial charge is 0.312 e. The lowest BCUT2D eigenvalue weighted by molar-refractivity contribution is -0.117. The van der Waals surface area contributed by atoms with Gasteiger partial charge in [-0.05, 0) is 25.0 Å². The lowest BCUT2D eigenvalue weighted by Gasteiger charge is -2.17. The molecule has 0 N–H and O–H groups in total. The van der Waals surface area contributed by atoms with Crippen molar-refractivity contribution in [2.45, 2.75) is 33.6 Å². The molecule has 0 aromatic heterocycles. The molecule has 82 valence electrons. The molecule has 0 radical (unpaired) electrons. The number of benzene rings is 1. The number of hydrogen-bond acceptors (Lipinski definition) is 1. The number of rotatable bonds is 1. The molecule has 1 saturated heterocycles. The van der Waals surface area contributed by atoms with Crippen molar-refractivity contribution in [3.8, 4) is 0 Å². The van der Waals surface area contributed by atoms with Crippen LogP contribution in [0.1, 0.15) is 32.3 Å². The Bertz CT molecular complexity index is 333. The van der Waals surface area contributed by atoms with Gasteiger partial charge in [0.2, 0.25) is 5.91 Å². The smallest absolute Gasteiger partial charge is 0.227 e. The molecule has 0 bridgehead atoms. The van der Waals surface area contributed by atoms with Crippen molar-refractivity contribution >= 4 is 11.6 Å². The Labute approximate surface area is 91.9 Å². The maximum atomic E-state index is 11.5. The summed E-state index contributed by atoms with van der Waals surface area (Å²) in [6.07, 6.45) is 1.70. The molecule has 0 unspecified atom stereocenters. The molecule has 0 aliphatic carbocycles. The second-order valence-corrected chi connectivity index (χ2v) is 3.44. The first-order chi connectivity index (χ1) is 7.29. The van der Waals surface area contributed by atoms with Crippen LogP contribution in [0, 0.1) is 6.92 Å². The van der Waals surface area contributed by atoms with E-state index in [-0.39, 0.29) is 5.91 Å². The van der Waals surface area contributed by atoms with E-state index in [9.17, 15) is 4.79 Å². The van der Waals surface area contributed by atoms with E-state index >= 15 is 0 Å². The average Bonchev–Trinajstić information content (AvgIpc) is 2.68. The van der Waals surface area contributed by atoms with E-state index in [1.807, 2.05) is 49.9 Å². The van der Waals surface area contributed by atoms with Gasteiger partial charge < -0.3 is 4.90 Å². The number of aryl methyl sites for hydroxylation is 1. The molecule has 2 rings (SSSR count). The quantitative estimate of drug-likeness (QED) is 0.689. The van der Waals surface area contributed by atoms with Crippen LogP contribution in [-0.4, -0.2) is 12.5 Å². The topological polar surface area (TPSA) is 20.3 Å². The summed E-state index contributed by atoms with van der Waals surface area (Å²) in [6, 6.07) is 8.03. The molecule has 1 heterocycles. The van der Waals surface area contributed by atoms with Crippen molar-refractivity contribution in [1.29, 1.82) is 0 Å². The molecule has 0 spiro atoms. The predicted octanol–water partition coefficient (Wildman–Crippen LogP) is 3.15. The van der Waals surface area contributed by atoms with Crippen molar-refractivity contribution in [3.63, 3.8) is 0 Å². The summed E-state index contributed by atoms with van der Waals surface area (Å²) in [5.41, 5.74) is 2.25. The molecule has 1 aliphatic heterocycles. The molecular weight excluding hydrogens is 186 g/mol. The molecule has 1 aliphatic rings. The third-order valence-electron chi connectivity index (χ3n) is 2.48. The Kier molecular flexibility index (Phi) is 4.35. The summed E-state index contributed by atoms with van der Waals surface area (Å²) in [5, 5.41) is 0. The maximum absolute atomic E-state index is 11.5. The van der Waals surface area contributed by atoms with Crippen LogP contribution in [0.4, 0.5) is 5.69 Å². The Morgan fingerprint density at radius 3 is 2.40 bits per heavy atom. The van der Waals surface area contributed by atoms with Gasteiger partial charge in [-0.25, -0.2) is 0 Å². The summed E-state index contributed by atoms with van der Waals surface area (Å²) in [4.78, 5) is 13.3. The van der Waals surface area contributed by atoms with Gasteiger partial charge in [0.1, 0.15) is 0 Å². The molecule has 2 heteroatoms. The zero-order chi connectivity index (χ0) is 11.3. The van der Waals surface area contributed by atoms with Crippen molar-refractivity contribution in [2.75, 3.05) is 11.4 Å². The molecular formula is C13H19NO. The number of carbonyl (C=O) groups excluding carboxylic acids is 1. The molecule has 0 saturated carbocycles. The first-order valence-corrected chi connectivity index (χ1v) is 5.65. The van der Waals surface area contributed by atoms with Gasteiger partial charge in [0.15, 0.2) is 0 Å². The fourth-order valence-corrected chi connectivity index (χ4v) is 1.77. The molecule has 15 heavy (non-hydrogen) atoms. The summed E-state index contributed by atoms with van der Waals surface area (Å²) in [7, 11) is 0. The van der Waals surface area contributed by atoms with E-state index in [0.29, 0.717) is 6.42 Å². The van der Waals surface area contributed by atoms with Crippen molar-refractivity contribution in [1.82, 2.24) is 0 Å². The zero-order valence-electron chi connectivity index (χ0n) is 9.79. The van der Waals surface area contributed by atoms with Crippen molar-refractivity contribution in [2.24, 2.45) is 0 Å². The summed E-state index contributed by atoms with van der Waals surface area (Å²) >= 11 is 0. The van der Waals surface area contributed by atoms with Crippen LogP contribution in [0.25, 0.3) is 0 Å². The Morgan fingerprint density at radius 1 is 1.20 bits per heavy atom. The lowest BCUT2D eigenvalue weighted by Crippen LogP contribution is -2.24. The van der Waals surface area contributed by atoms with Gasteiger partial charge in [-0.15, -0.1) is 0 Å². The number of amides is 1. The van der Waals surface area contributed by atoms with Gasteiger partial charge in [0.25, 0.3) is 0 Å². The lowest BCUT2D eigenvalue weighted by atomic mass is 10.2. The van der Waals surface area contributed by atoms with Gasteiger partial charge in [-0.3, -0.25) is 4.79 Å². The Hall–Kier alpha value is -1.31. The highest BCUT2D eigenvalue weighted by molar-refractivity contribution is 5.95. The first-order valence-electron chi connectivity index (χ1n) is 5.65. The first kappa shape index (κ1) is 11.8. The van der Waals surface area contributed by atoms with Crippen LogP contribution in [-0.2, 0) is 4.79 Å². The maximum Gasteiger partial charge on any atom is 0.227 e. The molecule has 1 fully saturated rings. The molecule has 0 atom stereocenters. The Morgan fingerprint density at radius 2 is 1.87 bits per heavy atom. The molecule has 2 nitrogen and oxygen atoms in total. The number of carbonyl (C=O) groups is 1. The second-order valence-electron chi connectivity index (χ2n) is 3.44. The predicted molar refractivity (Wildman–Crippen MR) is 64.1 cm³/mol. The molecule has 1 aromatic rings. The minimum Gasteiger partial charge on any atom is -0.312 e. The van der Waals surface area contributed by atoms with E-state index in [2.05, 4.69) is 0 Å². The minimum absolute atomic E-state index is 0.259. The fraction of sp³-hybridized carbons (Fsp3) is 0.462. The normalized spacial score (nSPS) is 14.9. The van der Waals surface area contributed by atoms with Crippen LogP contribution < -0.4 is 4.90 Å². The van der Waals surface area contributed by atoms with Crippen molar-refractivity contribution < 1.29 is 4.79 Å². The fourth-order valence-electron chi connectivity index (χ4n) is 1.77. The van der Waals surface area contributed by atoms with Gasteiger partial charge in [0, 0.05) is 18.7 Å². The van der Waals surface area contributed by atoms with Crippen LogP contribution >= 0.6 is 0 Å². The Balaban J connectivity index is 0.000000531. The monoisotopic (exact) mass is 205 g/mol. The highest BCUT2D eigenvalue weighted by Crippen LogP contribution is 2.24. The number of nitrogens with zero attached hydrogens (tertiary/aromatic N) is 1. The van der Waals surface area contributed by atoms with Gasteiger partial charge >= 0.3 is 0 Å². The van der Waals surface area contributed by atoms with E-state index in [0.717, 1.165) is 18.7 Å². The van der Waals surface area contributed by atoms with Crippen LogP contribution in [0.15, 0.2) is 24.3 Å². The average molecular weight is 205 g/mol. The van der Waals surface area contributed by atoms with Crippen LogP contribution in [0.3, 0.4) is 0 Å². The van der Waals surface area contributed by atoms with Gasteiger partial charge in [0.05, 0.1) is 0 Å². The zero-order valence-corrected chi connectivity index (χ0v) is 9.79. The third-order valence-corrected chi connectivity index (χ3v) is 2.48. The summed E-state index contributed by atoms with van der Waals surface area (Å²) in [6.45, 7) is 6.92. The van der Waals surface area contributed by atoms with Crippen molar-refractivity contribution in [3.05, 3.63) is 29.8 Å². The highest BCUT2D eigenvalue weighted by Gasteiger charge is 2.22. The van der Waals surface area contributed by atoms with Crippen LogP contribution in [0.2, 0.25) is 0 Å². The number of para-hydroxylation sites is 1. The van der Waals surface area contributed by atoms with E-state index in [1.54, 1.807) is 0 Å². The van der Waals surface area contributed by atoms with E-state index in [4.69, 9.17) is 0 Å². The minimum atomic E-state index is 0.259. The van der Waals surface area contributed by atoms with E-state index < -0.39 is 0 Å². The summed E-state index contributed by atoms with van der Waals surface area (Å²) < 4.78 is 0. The summed E-state index contributed by atoms with van der Waals surface area (Å²) in [5.74, 6) is 0.259. The van der Waals surface area contributed by atoms with Gasteiger partial charge in [-0.1, -0.05) is 32.0 Å². The standard InChI is InChI=1S/C11H13NO.C2H6/c1-9-5-2-3-6-10(9)12-8-4-7-11(12)13;1-2/h2-3,5-6H,4,7-8H2,1H3;1-2H3. The number of anilines is 1. The SMILES string of the molecule is CC.Cc1ccccc1N1CCCC1=O. The van der Waals surface area contributed by atoms with Crippen LogP contribution in [0.5, 0.6) is 0 Å². The second kappa shape index (κ2) is 5.54.